The lowest BCUT2D eigenvalue weighted by Gasteiger charge is -2.30. The maximum Gasteiger partial charge on any atom is 0.407 e. The summed E-state index contributed by atoms with van der Waals surface area (Å²) in [6, 6.07) is 8.12. The quantitative estimate of drug-likeness (QED) is 0.375. The van der Waals surface area contributed by atoms with Gasteiger partial charge in [-0.15, -0.1) is 0 Å². The van der Waals surface area contributed by atoms with E-state index in [-0.39, 0.29) is 12.3 Å². The third kappa shape index (κ3) is 5.22. The smallest absolute Gasteiger partial charge is 0.407 e. The van der Waals surface area contributed by atoms with E-state index in [0.29, 0.717) is 42.7 Å². The molecule has 1 unspecified atom stereocenters. The summed E-state index contributed by atoms with van der Waals surface area (Å²) < 4.78 is 19.5. The summed E-state index contributed by atoms with van der Waals surface area (Å²) in [5.41, 5.74) is 4.07. The summed E-state index contributed by atoms with van der Waals surface area (Å²) in [5.74, 6) is 1.02. The lowest BCUT2D eigenvalue weighted by atomic mass is 10.0. The number of pyridine rings is 1. The van der Waals surface area contributed by atoms with Crippen LogP contribution in [0.2, 0.25) is 0 Å². The molecule has 202 valence electrons. The van der Waals surface area contributed by atoms with Gasteiger partial charge in [0.05, 0.1) is 37.8 Å². The number of rotatable bonds is 6. The van der Waals surface area contributed by atoms with Crippen LogP contribution in [-0.2, 0) is 4.74 Å². The number of amides is 1. The van der Waals surface area contributed by atoms with Gasteiger partial charge in [-0.3, -0.25) is 9.97 Å². The minimum atomic E-state index is -0.938. The number of benzene rings is 1. The van der Waals surface area contributed by atoms with Crippen molar-refractivity contribution in [3.8, 4) is 34.1 Å². The van der Waals surface area contributed by atoms with Crippen molar-refractivity contribution in [3.63, 3.8) is 0 Å². The summed E-state index contributed by atoms with van der Waals surface area (Å²) >= 11 is 0. The summed E-state index contributed by atoms with van der Waals surface area (Å²) in [7, 11) is 1.62. The van der Waals surface area contributed by atoms with E-state index >= 15 is 0 Å². The molecule has 2 fully saturated rings. The average molecular weight is 531 g/mol. The van der Waals surface area contributed by atoms with Crippen LogP contribution < -0.4 is 9.47 Å². The van der Waals surface area contributed by atoms with Crippen molar-refractivity contribution in [2.75, 3.05) is 26.8 Å². The van der Waals surface area contributed by atoms with Crippen LogP contribution >= 0.6 is 0 Å². The number of nitrogens with zero attached hydrogens (tertiary/aromatic N) is 6. The van der Waals surface area contributed by atoms with Crippen LogP contribution in [-0.4, -0.2) is 73.7 Å². The van der Waals surface area contributed by atoms with Crippen molar-refractivity contribution in [1.29, 1.82) is 0 Å². The van der Waals surface area contributed by atoms with Gasteiger partial charge in [-0.05, 0) is 55.9 Å². The first-order chi connectivity index (χ1) is 19.1. The van der Waals surface area contributed by atoms with E-state index in [2.05, 4.69) is 22.1 Å². The van der Waals surface area contributed by atoms with Crippen molar-refractivity contribution in [1.82, 2.24) is 29.6 Å². The lowest BCUT2D eigenvalue weighted by Crippen LogP contribution is -2.43. The van der Waals surface area contributed by atoms with Gasteiger partial charge in [0, 0.05) is 30.3 Å². The van der Waals surface area contributed by atoms with Crippen LogP contribution in [0.5, 0.6) is 11.6 Å². The highest BCUT2D eigenvalue weighted by Crippen LogP contribution is 2.35. The van der Waals surface area contributed by atoms with Gasteiger partial charge < -0.3 is 24.2 Å². The Morgan fingerprint density at radius 2 is 1.95 bits per heavy atom. The van der Waals surface area contributed by atoms with Crippen molar-refractivity contribution in [3.05, 3.63) is 49.1 Å². The molecular weight excluding hydrogens is 500 g/mol. The average Bonchev–Trinajstić information content (AvgIpc) is 3.37. The van der Waals surface area contributed by atoms with Crippen molar-refractivity contribution < 1.29 is 24.1 Å². The molecule has 1 N–H and O–H groups in total. The van der Waals surface area contributed by atoms with E-state index in [1.165, 1.54) is 4.90 Å². The predicted molar refractivity (Wildman–Crippen MR) is 143 cm³/mol. The molecule has 3 aromatic heterocycles. The highest BCUT2D eigenvalue weighted by atomic mass is 16.5. The number of aromatic nitrogens is 5. The van der Waals surface area contributed by atoms with E-state index in [4.69, 9.17) is 24.3 Å². The Hall–Kier alpha value is -4.25. The number of piperidine rings is 1. The second-order valence-corrected chi connectivity index (χ2v) is 9.81. The van der Waals surface area contributed by atoms with Gasteiger partial charge in [-0.1, -0.05) is 6.07 Å². The van der Waals surface area contributed by atoms with E-state index < -0.39 is 6.09 Å². The largest absolute Gasteiger partial charge is 0.495 e. The number of fused-ring (bicyclic) bond motifs is 1. The zero-order valence-electron chi connectivity index (χ0n) is 21.7. The minimum Gasteiger partial charge on any atom is -0.495 e. The molecule has 0 bridgehead atoms. The second-order valence-electron chi connectivity index (χ2n) is 9.81. The number of methoxy groups -OCH3 is 1. The highest BCUT2D eigenvalue weighted by molar-refractivity contribution is 5.95. The molecule has 6 rings (SSSR count). The summed E-state index contributed by atoms with van der Waals surface area (Å²) in [4.78, 5) is 26.2. The molecule has 0 saturated carbocycles. The SMILES string of the molecule is COc1cncc(-c2ccc3c(c2)c(-c2cncc(O[C@@H]4CCCN(C(=O)O)C4)n2)nn3C2CCCCO2)c1. The molecule has 2 saturated heterocycles. The normalized spacial score (nSPS) is 19.7. The topological polar surface area (TPSA) is 125 Å². The van der Waals surface area contributed by atoms with Gasteiger partial charge in [0.2, 0.25) is 5.88 Å². The lowest BCUT2D eigenvalue weighted by molar-refractivity contribution is -0.0365. The van der Waals surface area contributed by atoms with E-state index in [1.807, 2.05) is 16.8 Å². The fourth-order valence-corrected chi connectivity index (χ4v) is 5.23. The molecule has 39 heavy (non-hydrogen) atoms. The number of carbonyl (C=O) groups is 1. The number of likely N-dealkylation sites (tertiary alicyclic amines) is 1. The van der Waals surface area contributed by atoms with Crippen LogP contribution in [0.1, 0.15) is 38.3 Å². The van der Waals surface area contributed by atoms with E-state index in [0.717, 1.165) is 54.1 Å². The Balaban J connectivity index is 1.39. The molecule has 1 aromatic carbocycles. The zero-order chi connectivity index (χ0) is 26.8. The van der Waals surface area contributed by atoms with Gasteiger partial charge in [-0.25, -0.2) is 14.5 Å². The van der Waals surface area contributed by atoms with Crippen LogP contribution in [0.25, 0.3) is 33.4 Å². The number of hydrogen-bond donors (Lipinski definition) is 1. The molecule has 2 atom stereocenters. The third-order valence-electron chi connectivity index (χ3n) is 7.21. The molecule has 0 aliphatic carbocycles. The fraction of sp³-hybridized carbons (Fsp3) is 0.393. The summed E-state index contributed by atoms with van der Waals surface area (Å²) in [5, 5.41) is 15.3. The monoisotopic (exact) mass is 530 g/mol. The summed E-state index contributed by atoms with van der Waals surface area (Å²) in [6.45, 7) is 1.52. The Morgan fingerprint density at radius 1 is 1.05 bits per heavy atom. The Kier molecular flexibility index (Phi) is 6.97. The summed E-state index contributed by atoms with van der Waals surface area (Å²) in [6.07, 6.45) is 9.82. The molecule has 5 heterocycles. The zero-order valence-corrected chi connectivity index (χ0v) is 21.7. The van der Waals surface area contributed by atoms with E-state index in [9.17, 15) is 9.90 Å². The van der Waals surface area contributed by atoms with E-state index in [1.54, 1.807) is 31.9 Å². The van der Waals surface area contributed by atoms with Crippen LogP contribution in [0.15, 0.2) is 49.1 Å². The molecule has 1 amide bonds. The number of carboxylic acid groups (broad SMARTS) is 1. The number of ether oxygens (including phenoxy) is 3. The molecular formula is C28H30N6O5. The number of hydrogen-bond acceptors (Lipinski definition) is 8. The van der Waals surface area contributed by atoms with Gasteiger partial charge >= 0.3 is 6.09 Å². The van der Waals surface area contributed by atoms with Gasteiger partial charge in [0.1, 0.15) is 23.2 Å². The predicted octanol–water partition coefficient (Wildman–Crippen LogP) is 4.78. The fourth-order valence-electron chi connectivity index (χ4n) is 5.23. The standard InChI is InChI=1S/C28H30N6O5/c1-37-21-11-19(13-29-14-21)18-7-8-24-22(12-18)27(32-34(24)26-6-2-3-10-38-26)23-15-30-16-25(31-23)39-20-5-4-9-33(17-20)28(35)36/h7-8,11-16,20,26H,2-6,9-10,17H2,1H3,(H,35,36)/t20-,26?/m1/s1. The third-order valence-corrected chi connectivity index (χ3v) is 7.21. The van der Waals surface area contributed by atoms with Gasteiger partial charge in [0.15, 0.2) is 6.23 Å². The Bertz CT molecular complexity index is 1480. The molecule has 0 spiro atoms. The second kappa shape index (κ2) is 10.9. The maximum absolute atomic E-state index is 11.4. The highest BCUT2D eigenvalue weighted by Gasteiger charge is 2.26. The first-order valence-electron chi connectivity index (χ1n) is 13.2. The van der Waals surface area contributed by atoms with Gasteiger partial charge in [-0.2, -0.15) is 5.10 Å². The van der Waals surface area contributed by atoms with Crippen LogP contribution in [0.3, 0.4) is 0 Å². The van der Waals surface area contributed by atoms with Crippen molar-refractivity contribution in [2.24, 2.45) is 0 Å². The first-order valence-corrected chi connectivity index (χ1v) is 13.2. The Labute approximate surface area is 225 Å². The molecule has 0 radical (unpaired) electrons. The molecule has 11 nitrogen and oxygen atoms in total. The maximum atomic E-state index is 11.4. The Morgan fingerprint density at radius 3 is 2.77 bits per heavy atom. The molecule has 2 aliphatic heterocycles. The van der Waals surface area contributed by atoms with Crippen LogP contribution in [0, 0.1) is 0 Å². The van der Waals surface area contributed by atoms with Crippen LogP contribution in [0.4, 0.5) is 4.79 Å². The molecule has 2 aliphatic rings. The first kappa shape index (κ1) is 25.1. The molecule has 11 heteroatoms. The minimum absolute atomic E-state index is 0.157. The van der Waals surface area contributed by atoms with Gasteiger partial charge in [0.25, 0.3) is 0 Å². The van der Waals surface area contributed by atoms with Crippen molar-refractivity contribution in [2.45, 2.75) is 44.4 Å². The molecule has 4 aromatic rings. The van der Waals surface area contributed by atoms with Crippen molar-refractivity contribution >= 4 is 17.0 Å².